The molecule has 1 amide bonds. The van der Waals surface area contributed by atoms with Gasteiger partial charge in [0.25, 0.3) is 5.91 Å². The molecule has 0 bridgehead atoms. The largest absolute Gasteiger partial charge is 0.488 e. The molecule has 0 fully saturated rings. The number of halogens is 1. The average Bonchev–Trinajstić information content (AvgIpc) is 2.90. The van der Waals surface area contributed by atoms with E-state index in [2.05, 4.69) is 5.32 Å². The smallest absolute Gasteiger partial charge is 0.337 e. The van der Waals surface area contributed by atoms with Crippen molar-refractivity contribution in [3.8, 4) is 5.75 Å². The number of benzene rings is 1. The summed E-state index contributed by atoms with van der Waals surface area (Å²) in [6.07, 6.45) is 0. The molecule has 0 aromatic heterocycles. The molecule has 1 aromatic carbocycles. The van der Waals surface area contributed by atoms with Gasteiger partial charge < -0.3 is 24.8 Å². The number of nitrogens with one attached hydrogen (secondary N) is 1. The summed E-state index contributed by atoms with van der Waals surface area (Å²) in [6, 6.07) is 4.29. The van der Waals surface area contributed by atoms with Gasteiger partial charge >= 0.3 is 5.97 Å². The summed E-state index contributed by atoms with van der Waals surface area (Å²) in [4.78, 5) is 26.0. The van der Waals surface area contributed by atoms with Crippen LogP contribution >= 0.6 is 0 Å². The lowest BCUT2D eigenvalue weighted by molar-refractivity contribution is -0.136. The van der Waals surface area contributed by atoms with Crippen LogP contribution in [0.1, 0.15) is 20.8 Å². The third-order valence-electron chi connectivity index (χ3n) is 3.83. The van der Waals surface area contributed by atoms with Crippen molar-refractivity contribution in [2.24, 2.45) is 5.41 Å². The third kappa shape index (κ3) is 4.97. The molecule has 0 atom stereocenters. The first kappa shape index (κ1) is 20.7. The molecule has 7 nitrogen and oxygen atoms in total. The number of carbonyl (C=O) groups is 2. The number of para-hydroxylation sites is 1. The van der Waals surface area contributed by atoms with E-state index < -0.39 is 17.7 Å². The molecule has 8 heteroatoms. The number of ether oxygens (including phenoxy) is 2. The highest BCUT2D eigenvalue weighted by Crippen LogP contribution is 2.32. The minimum absolute atomic E-state index is 0.00188. The van der Waals surface area contributed by atoms with Gasteiger partial charge in [-0.15, -0.1) is 0 Å². The number of aliphatic hydroxyl groups excluding tert-OH is 1. The normalized spacial score (nSPS) is 14.6. The first-order chi connectivity index (χ1) is 12.7. The number of nitrogens with zero attached hydrogens (tertiary/aromatic N) is 1. The van der Waals surface area contributed by atoms with Gasteiger partial charge in [-0.25, -0.2) is 9.18 Å². The van der Waals surface area contributed by atoms with Gasteiger partial charge in [-0.2, -0.15) is 0 Å². The van der Waals surface area contributed by atoms with Gasteiger partial charge in [0.05, 0.1) is 38.1 Å². The van der Waals surface area contributed by atoms with Crippen LogP contribution in [0.2, 0.25) is 0 Å². The fraction of sp³-hybridized carbons (Fsp3) is 0.474. The standard InChI is InChI=1S/C19H25FN2O5/c1-19(2,3)11-27-16-13(20)6-5-7-14(16)21-15-12(18(25)26-4)10-22(8-9-23)17(15)24/h5-7,21,23H,8-11H2,1-4H3. The van der Waals surface area contributed by atoms with Crippen LogP contribution in [0.5, 0.6) is 5.75 Å². The molecule has 0 spiro atoms. The van der Waals surface area contributed by atoms with E-state index in [0.29, 0.717) is 0 Å². The van der Waals surface area contributed by atoms with Crippen molar-refractivity contribution in [3.05, 3.63) is 35.3 Å². The highest BCUT2D eigenvalue weighted by Gasteiger charge is 2.35. The van der Waals surface area contributed by atoms with E-state index >= 15 is 0 Å². The predicted molar refractivity (Wildman–Crippen MR) is 97.7 cm³/mol. The number of esters is 1. The summed E-state index contributed by atoms with van der Waals surface area (Å²) < 4.78 is 24.7. The Bertz CT molecular complexity index is 755. The minimum atomic E-state index is -0.667. The predicted octanol–water partition coefficient (Wildman–Crippen LogP) is 1.92. The van der Waals surface area contributed by atoms with Crippen molar-refractivity contribution in [2.75, 3.05) is 38.7 Å². The molecule has 0 radical (unpaired) electrons. The van der Waals surface area contributed by atoms with E-state index in [4.69, 9.17) is 14.6 Å². The highest BCUT2D eigenvalue weighted by molar-refractivity contribution is 6.08. The number of amides is 1. The fourth-order valence-electron chi connectivity index (χ4n) is 2.53. The van der Waals surface area contributed by atoms with Gasteiger partial charge in [0.15, 0.2) is 11.6 Å². The van der Waals surface area contributed by atoms with E-state index in [0.717, 1.165) is 0 Å². The maximum absolute atomic E-state index is 14.3. The van der Waals surface area contributed by atoms with Crippen LogP contribution < -0.4 is 10.1 Å². The second-order valence-corrected chi connectivity index (χ2v) is 7.39. The van der Waals surface area contributed by atoms with Gasteiger partial charge in [-0.1, -0.05) is 26.8 Å². The highest BCUT2D eigenvalue weighted by atomic mass is 19.1. The van der Waals surface area contributed by atoms with E-state index in [1.165, 1.54) is 24.1 Å². The maximum atomic E-state index is 14.3. The molecule has 1 heterocycles. The molecular formula is C19H25FN2O5. The zero-order chi connectivity index (χ0) is 20.2. The Morgan fingerprint density at radius 3 is 2.67 bits per heavy atom. The molecule has 0 saturated heterocycles. The van der Waals surface area contributed by atoms with Gasteiger partial charge in [0, 0.05) is 6.54 Å². The SMILES string of the molecule is COC(=O)C1=C(Nc2cccc(F)c2OCC(C)(C)C)C(=O)N(CCO)C1. The van der Waals surface area contributed by atoms with Gasteiger partial charge in [0.1, 0.15) is 5.70 Å². The summed E-state index contributed by atoms with van der Waals surface area (Å²) in [5, 5.41) is 11.9. The van der Waals surface area contributed by atoms with E-state index in [1.54, 1.807) is 6.07 Å². The molecule has 1 aromatic rings. The molecule has 27 heavy (non-hydrogen) atoms. The van der Waals surface area contributed by atoms with Crippen molar-refractivity contribution in [3.63, 3.8) is 0 Å². The number of rotatable bonds is 7. The first-order valence-electron chi connectivity index (χ1n) is 8.58. The van der Waals surface area contributed by atoms with E-state index in [1.807, 2.05) is 20.8 Å². The zero-order valence-electron chi connectivity index (χ0n) is 16.0. The molecule has 2 N–H and O–H groups in total. The number of β-amino-alcohol motifs (C(OH)–C–C–N with tert-alkyl or cyclic N) is 1. The zero-order valence-corrected chi connectivity index (χ0v) is 16.0. The minimum Gasteiger partial charge on any atom is -0.488 e. The van der Waals surface area contributed by atoms with Crippen LogP contribution in [0.25, 0.3) is 0 Å². The molecule has 2 rings (SSSR count). The van der Waals surface area contributed by atoms with Crippen molar-refractivity contribution < 1.29 is 28.6 Å². The molecule has 0 saturated carbocycles. The monoisotopic (exact) mass is 380 g/mol. The summed E-state index contributed by atoms with van der Waals surface area (Å²) >= 11 is 0. The van der Waals surface area contributed by atoms with Crippen molar-refractivity contribution in [1.82, 2.24) is 4.90 Å². The second-order valence-electron chi connectivity index (χ2n) is 7.39. The van der Waals surface area contributed by atoms with Crippen LogP contribution in [0.3, 0.4) is 0 Å². The third-order valence-corrected chi connectivity index (χ3v) is 3.83. The Balaban J connectivity index is 2.37. The summed E-state index contributed by atoms with van der Waals surface area (Å²) in [7, 11) is 1.21. The van der Waals surface area contributed by atoms with Crippen LogP contribution in [0.4, 0.5) is 10.1 Å². The summed E-state index contributed by atoms with van der Waals surface area (Å²) in [5.41, 5.74) is 0.134. The molecule has 0 unspecified atom stereocenters. The summed E-state index contributed by atoms with van der Waals surface area (Å²) in [5.74, 6) is -1.75. The van der Waals surface area contributed by atoms with Crippen LogP contribution in [0, 0.1) is 11.2 Å². The van der Waals surface area contributed by atoms with Crippen LogP contribution in [-0.2, 0) is 14.3 Å². The second kappa shape index (κ2) is 8.39. The van der Waals surface area contributed by atoms with Crippen molar-refractivity contribution in [1.29, 1.82) is 0 Å². The Morgan fingerprint density at radius 2 is 2.07 bits per heavy atom. The van der Waals surface area contributed by atoms with Gasteiger partial charge in [-0.3, -0.25) is 4.79 Å². The number of aliphatic hydroxyl groups is 1. The Kier molecular flexibility index (Phi) is 6.43. The van der Waals surface area contributed by atoms with Crippen molar-refractivity contribution in [2.45, 2.75) is 20.8 Å². The first-order valence-corrected chi connectivity index (χ1v) is 8.58. The number of hydrogen-bond donors (Lipinski definition) is 2. The maximum Gasteiger partial charge on any atom is 0.337 e. The lowest BCUT2D eigenvalue weighted by Gasteiger charge is -2.21. The van der Waals surface area contributed by atoms with Gasteiger partial charge in [-0.05, 0) is 17.5 Å². The molecule has 0 aliphatic carbocycles. The lowest BCUT2D eigenvalue weighted by atomic mass is 9.99. The Morgan fingerprint density at radius 1 is 1.37 bits per heavy atom. The van der Waals surface area contributed by atoms with E-state index in [-0.39, 0.29) is 54.4 Å². The van der Waals surface area contributed by atoms with Gasteiger partial charge in [0.2, 0.25) is 0 Å². The Hall–Kier alpha value is -2.61. The van der Waals surface area contributed by atoms with Crippen molar-refractivity contribution >= 4 is 17.6 Å². The summed E-state index contributed by atoms with van der Waals surface area (Å²) in [6.45, 7) is 5.94. The molecule has 148 valence electrons. The molecule has 1 aliphatic heterocycles. The average molecular weight is 380 g/mol. The topological polar surface area (TPSA) is 88.1 Å². The number of methoxy groups -OCH3 is 1. The number of carbonyl (C=O) groups excluding carboxylic acids is 2. The quantitative estimate of drug-likeness (QED) is 0.703. The Labute approximate surface area is 157 Å². The van der Waals surface area contributed by atoms with Crippen LogP contribution in [0.15, 0.2) is 29.5 Å². The number of anilines is 1. The van der Waals surface area contributed by atoms with E-state index in [9.17, 15) is 14.0 Å². The molecular weight excluding hydrogens is 355 g/mol. The lowest BCUT2D eigenvalue weighted by Crippen LogP contribution is -2.31. The van der Waals surface area contributed by atoms with Crippen LogP contribution in [-0.4, -0.2) is 55.3 Å². The molecule has 1 aliphatic rings. The number of hydrogen-bond acceptors (Lipinski definition) is 6. The fourth-order valence-corrected chi connectivity index (χ4v) is 2.53.